The highest BCUT2D eigenvalue weighted by Crippen LogP contribution is 2.30. The number of nitrogens with zero attached hydrogens (tertiary/aromatic N) is 4. The first kappa shape index (κ1) is 24.3. The second-order valence-electron chi connectivity index (χ2n) is 8.91. The number of carbonyl (C=O) groups is 1. The van der Waals surface area contributed by atoms with E-state index in [1.807, 2.05) is 47.0 Å². The summed E-state index contributed by atoms with van der Waals surface area (Å²) in [4.78, 5) is 12.4. The molecule has 0 atom stereocenters. The standard InChI is InChI=1S/C27H26FN5OS/c1-27(2,3)21-15-13-19(14-16-21)25-31-32-26(33(25)22-10-5-4-6-11-22)35-18-24(34)30-29-17-20-9-7-8-12-23(20)28/h4-17H,18H2,1-3H3,(H,30,34). The third-order valence-corrected chi connectivity index (χ3v) is 6.22. The quantitative estimate of drug-likeness (QED) is 0.209. The summed E-state index contributed by atoms with van der Waals surface area (Å²) in [6.07, 6.45) is 1.28. The van der Waals surface area contributed by atoms with Crippen molar-refractivity contribution in [3.63, 3.8) is 0 Å². The molecule has 4 rings (SSSR count). The molecule has 0 radical (unpaired) electrons. The molecule has 35 heavy (non-hydrogen) atoms. The molecule has 6 nitrogen and oxygen atoms in total. The number of benzene rings is 3. The molecule has 8 heteroatoms. The van der Waals surface area contributed by atoms with Gasteiger partial charge in [-0.25, -0.2) is 9.82 Å². The first-order valence-corrected chi connectivity index (χ1v) is 12.1. The van der Waals surface area contributed by atoms with Crippen LogP contribution in [-0.2, 0) is 10.2 Å². The van der Waals surface area contributed by atoms with Crippen molar-refractivity contribution in [3.8, 4) is 17.1 Å². The van der Waals surface area contributed by atoms with E-state index in [0.29, 0.717) is 16.5 Å². The normalized spacial score (nSPS) is 11.7. The molecule has 1 aromatic heterocycles. The fourth-order valence-electron chi connectivity index (χ4n) is 3.40. The predicted octanol–water partition coefficient (Wildman–Crippen LogP) is 5.61. The number of rotatable bonds is 7. The zero-order chi connectivity index (χ0) is 24.8. The van der Waals surface area contributed by atoms with E-state index in [1.165, 1.54) is 29.6 Å². The van der Waals surface area contributed by atoms with Crippen molar-refractivity contribution < 1.29 is 9.18 Å². The molecule has 1 heterocycles. The molecule has 1 amide bonds. The van der Waals surface area contributed by atoms with Gasteiger partial charge >= 0.3 is 0 Å². The molecule has 0 saturated carbocycles. The Kier molecular flexibility index (Phi) is 7.41. The summed E-state index contributed by atoms with van der Waals surface area (Å²) in [5.41, 5.74) is 5.84. The molecule has 0 saturated heterocycles. The first-order chi connectivity index (χ1) is 16.8. The van der Waals surface area contributed by atoms with Gasteiger partial charge in [-0.15, -0.1) is 10.2 Å². The molecule has 178 valence electrons. The molecule has 0 spiro atoms. The number of halogens is 1. The lowest BCUT2D eigenvalue weighted by Gasteiger charge is -2.19. The van der Waals surface area contributed by atoms with E-state index >= 15 is 0 Å². The van der Waals surface area contributed by atoms with Crippen LogP contribution >= 0.6 is 11.8 Å². The summed E-state index contributed by atoms with van der Waals surface area (Å²) in [7, 11) is 0. The summed E-state index contributed by atoms with van der Waals surface area (Å²) >= 11 is 1.25. The average Bonchev–Trinajstić information content (AvgIpc) is 3.28. The van der Waals surface area contributed by atoms with Crippen LogP contribution in [0.1, 0.15) is 31.9 Å². The number of thioether (sulfide) groups is 1. The first-order valence-electron chi connectivity index (χ1n) is 11.1. The number of hydrogen-bond donors (Lipinski definition) is 1. The lowest BCUT2D eigenvalue weighted by molar-refractivity contribution is -0.118. The number of amides is 1. The Hall–Kier alpha value is -3.78. The fraction of sp³-hybridized carbons (Fsp3) is 0.185. The Bertz CT molecular complexity index is 1330. The van der Waals surface area contributed by atoms with Gasteiger partial charge in [-0.05, 0) is 29.2 Å². The van der Waals surface area contributed by atoms with Gasteiger partial charge in [0.15, 0.2) is 11.0 Å². The number of aromatic nitrogens is 3. The SMILES string of the molecule is CC(C)(C)c1ccc(-c2nnc(SCC(=O)NN=Cc3ccccc3F)n2-c2ccccc2)cc1. The fourth-order valence-corrected chi connectivity index (χ4v) is 4.14. The maximum Gasteiger partial charge on any atom is 0.250 e. The van der Waals surface area contributed by atoms with Crippen molar-refractivity contribution in [1.82, 2.24) is 20.2 Å². The van der Waals surface area contributed by atoms with E-state index in [-0.39, 0.29) is 17.1 Å². The Morgan fingerprint density at radius 1 is 1.00 bits per heavy atom. The van der Waals surface area contributed by atoms with E-state index in [4.69, 9.17) is 0 Å². The van der Waals surface area contributed by atoms with Crippen molar-refractivity contribution in [2.45, 2.75) is 31.3 Å². The van der Waals surface area contributed by atoms with Gasteiger partial charge in [-0.3, -0.25) is 9.36 Å². The van der Waals surface area contributed by atoms with Gasteiger partial charge in [0.1, 0.15) is 5.82 Å². The second kappa shape index (κ2) is 10.7. The van der Waals surface area contributed by atoms with Gasteiger partial charge in [-0.1, -0.05) is 93.2 Å². The third-order valence-electron chi connectivity index (χ3n) is 5.29. The highest BCUT2D eigenvalue weighted by atomic mass is 32.2. The van der Waals surface area contributed by atoms with E-state index in [1.54, 1.807) is 18.2 Å². The van der Waals surface area contributed by atoms with E-state index in [0.717, 1.165) is 11.3 Å². The monoisotopic (exact) mass is 487 g/mol. The summed E-state index contributed by atoms with van der Waals surface area (Å²) in [6.45, 7) is 6.53. The topological polar surface area (TPSA) is 72.2 Å². The maximum atomic E-state index is 13.7. The summed E-state index contributed by atoms with van der Waals surface area (Å²) < 4.78 is 15.6. The minimum absolute atomic E-state index is 0.0504. The van der Waals surface area contributed by atoms with Crippen LogP contribution in [0.3, 0.4) is 0 Å². The molecular formula is C27H26FN5OS. The number of para-hydroxylation sites is 1. The Morgan fingerprint density at radius 3 is 2.37 bits per heavy atom. The van der Waals surface area contributed by atoms with Crippen LogP contribution < -0.4 is 5.43 Å². The van der Waals surface area contributed by atoms with Gasteiger partial charge in [-0.2, -0.15) is 5.10 Å². The van der Waals surface area contributed by atoms with Crippen molar-refractivity contribution in [2.24, 2.45) is 5.10 Å². The predicted molar refractivity (Wildman–Crippen MR) is 138 cm³/mol. The minimum atomic E-state index is -0.404. The molecule has 0 aliphatic heterocycles. The van der Waals surface area contributed by atoms with E-state index in [9.17, 15) is 9.18 Å². The molecular weight excluding hydrogens is 461 g/mol. The molecule has 0 unspecified atom stereocenters. The van der Waals surface area contributed by atoms with Crippen LogP contribution in [0.15, 0.2) is 89.1 Å². The highest BCUT2D eigenvalue weighted by molar-refractivity contribution is 7.99. The van der Waals surface area contributed by atoms with E-state index in [2.05, 4.69) is 53.6 Å². The number of hydrogen-bond acceptors (Lipinski definition) is 5. The summed E-state index contributed by atoms with van der Waals surface area (Å²) in [6, 6.07) is 24.3. The van der Waals surface area contributed by atoms with Gasteiger partial charge in [0, 0.05) is 16.8 Å². The average molecular weight is 488 g/mol. The minimum Gasteiger partial charge on any atom is -0.272 e. The number of nitrogens with one attached hydrogen (secondary N) is 1. The number of carbonyl (C=O) groups excluding carboxylic acids is 1. The zero-order valence-corrected chi connectivity index (χ0v) is 20.6. The Morgan fingerprint density at radius 2 is 1.69 bits per heavy atom. The maximum absolute atomic E-state index is 13.7. The van der Waals surface area contributed by atoms with Crippen LogP contribution in [0.5, 0.6) is 0 Å². The lowest BCUT2D eigenvalue weighted by atomic mass is 9.87. The molecule has 0 fully saturated rings. The van der Waals surface area contributed by atoms with Crippen LogP contribution in [0.25, 0.3) is 17.1 Å². The van der Waals surface area contributed by atoms with Crippen molar-refractivity contribution >= 4 is 23.9 Å². The Balaban J connectivity index is 1.53. The van der Waals surface area contributed by atoms with Crippen molar-refractivity contribution in [3.05, 3.63) is 95.8 Å². The lowest BCUT2D eigenvalue weighted by Crippen LogP contribution is -2.20. The Labute approximate surface area is 208 Å². The molecule has 1 N–H and O–H groups in total. The second-order valence-corrected chi connectivity index (χ2v) is 9.85. The molecule has 3 aromatic carbocycles. The van der Waals surface area contributed by atoms with Crippen molar-refractivity contribution in [1.29, 1.82) is 0 Å². The highest BCUT2D eigenvalue weighted by Gasteiger charge is 2.19. The smallest absolute Gasteiger partial charge is 0.250 e. The molecule has 0 bridgehead atoms. The number of hydrazone groups is 1. The largest absolute Gasteiger partial charge is 0.272 e. The molecule has 4 aromatic rings. The van der Waals surface area contributed by atoms with Gasteiger partial charge in [0.25, 0.3) is 5.91 Å². The molecule has 0 aliphatic carbocycles. The van der Waals surface area contributed by atoms with Gasteiger partial charge < -0.3 is 0 Å². The van der Waals surface area contributed by atoms with Crippen LogP contribution in [-0.4, -0.2) is 32.6 Å². The molecule has 0 aliphatic rings. The van der Waals surface area contributed by atoms with Crippen LogP contribution in [0, 0.1) is 5.82 Å². The zero-order valence-electron chi connectivity index (χ0n) is 19.8. The van der Waals surface area contributed by atoms with Crippen molar-refractivity contribution in [2.75, 3.05) is 5.75 Å². The van der Waals surface area contributed by atoms with Crippen LogP contribution in [0.4, 0.5) is 4.39 Å². The summed E-state index contributed by atoms with van der Waals surface area (Å²) in [5.74, 6) is 0.0278. The van der Waals surface area contributed by atoms with Gasteiger partial charge in [0.05, 0.1) is 12.0 Å². The van der Waals surface area contributed by atoms with E-state index < -0.39 is 5.82 Å². The van der Waals surface area contributed by atoms with Gasteiger partial charge in [0.2, 0.25) is 0 Å². The van der Waals surface area contributed by atoms with Crippen LogP contribution in [0.2, 0.25) is 0 Å². The summed E-state index contributed by atoms with van der Waals surface area (Å²) in [5, 5.41) is 13.2. The third kappa shape index (κ3) is 6.02.